The Hall–Kier alpha value is -3.71. The Bertz CT molecular complexity index is 1170. The normalized spacial score (nSPS) is 24.7. The van der Waals surface area contributed by atoms with Gasteiger partial charge in [0.05, 0.1) is 24.5 Å². The number of rotatable bonds is 4. The van der Waals surface area contributed by atoms with Crippen molar-refractivity contribution in [2.24, 2.45) is 5.41 Å². The van der Waals surface area contributed by atoms with Gasteiger partial charge < -0.3 is 4.74 Å². The Morgan fingerprint density at radius 3 is 2.19 bits per heavy atom. The number of halogens is 1. The van der Waals surface area contributed by atoms with Crippen LogP contribution >= 0.6 is 0 Å². The van der Waals surface area contributed by atoms with Crippen LogP contribution in [0.5, 0.6) is 5.75 Å². The van der Waals surface area contributed by atoms with E-state index in [1.54, 1.807) is 19.1 Å². The van der Waals surface area contributed by atoms with Gasteiger partial charge in [0, 0.05) is 0 Å². The third-order valence-electron chi connectivity index (χ3n) is 6.20. The molecule has 0 N–H and O–H groups in total. The number of ether oxygens (including phenoxy) is 1. The summed E-state index contributed by atoms with van der Waals surface area (Å²) in [5.74, 6) is -0.622. The fourth-order valence-electron chi connectivity index (χ4n) is 4.55. The molecule has 0 aliphatic carbocycles. The number of hydrogen-bond donors (Lipinski definition) is 0. The molecule has 0 bridgehead atoms. The second-order valence-corrected chi connectivity index (χ2v) is 8.06. The number of carbonyl (C=O) groups is 2. The molecule has 6 nitrogen and oxygen atoms in total. The molecular formula is C25H21FN2O4. The second-order valence-electron chi connectivity index (χ2n) is 8.06. The van der Waals surface area contributed by atoms with Crippen LogP contribution in [0.2, 0.25) is 0 Å². The Labute approximate surface area is 184 Å². The van der Waals surface area contributed by atoms with Crippen LogP contribution in [0.3, 0.4) is 0 Å². The van der Waals surface area contributed by atoms with Crippen molar-refractivity contribution in [1.82, 2.24) is 0 Å². The Morgan fingerprint density at radius 2 is 1.56 bits per heavy atom. The van der Waals surface area contributed by atoms with Crippen LogP contribution in [0.1, 0.15) is 18.5 Å². The molecule has 32 heavy (non-hydrogen) atoms. The van der Waals surface area contributed by atoms with Gasteiger partial charge in [-0.15, -0.1) is 0 Å². The van der Waals surface area contributed by atoms with E-state index in [0.29, 0.717) is 11.4 Å². The van der Waals surface area contributed by atoms with Gasteiger partial charge in [-0.1, -0.05) is 30.3 Å². The number of nitrogens with zero attached hydrogens (tertiary/aromatic N) is 2. The molecule has 0 radical (unpaired) electrons. The average molecular weight is 432 g/mol. The molecule has 2 aliphatic rings. The first-order valence-electron chi connectivity index (χ1n) is 10.2. The zero-order valence-corrected chi connectivity index (χ0v) is 17.6. The maximum absolute atomic E-state index is 13.8. The molecule has 0 aromatic heterocycles. The van der Waals surface area contributed by atoms with Crippen LogP contribution in [-0.2, 0) is 14.4 Å². The number of carbonyl (C=O) groups excluding carboxylic acids is 2. The number of hydrogen-bond acceptors (Lipinski definition) is 5. The number of amides is 2. The summed E-state index contributed by atoms with van der Waals surface area (Å²) in [6.07, 6.45) is -1.02. The van der Waals surface area contributed by atoms with E-state index < -0.39 is 35.2 Å². The van der Waals surface area contributed by atoms with Crippen molar-refractivity contribution in [3.63, 3.8) is 0 Å². The van der Waals surface area contributed by atoms with Crippen molar-refractivity contribution in [2.45, 2.75) is 19.1 Å². The van der Waals surface area contributed by atoms with Gasteiger partial charge in [0.15, 0.2) is 6.10 Å². The van der Waals surface area contributed by atoms with E-state index in [9.17, 15) is 14.0 Å². The monoisotopic (exact) mass is 432 g/mol. The van der Waals surface area contributed by atoms with Crippen molar-refractivity contribution < 1.29 is 23.6 Å². The van der Waals surface area contributed by atoms with Gasteiger partial charge in [-0.05, 0) is 61.0 Å². The lowest BCUT2D eigenvalue weighted by Gasteiger charge is -2.32. The van der Waals surface area contributed by atoms with Gasteiger partial charge in [-0.25, -0.2) is 14.4 Å². The highest BCUT2D eigenvalue weighted by atomic mass is 19.1. The summed E-state index contributed by atoms with van der Waals surface area (Å²) in [5, 5.41) is 1.64. The number of fused-ring (bicyclic) bond motifs is 1. The van der Waals surface area contributed by atoms with Crippen molar-refractivity contribution in [3.05, 3.63) is 90.2 Å². The second kappa shape index (κ2) is 7.46. The van der Waals surface area contributed by atoms with E-state index in [1.165, 1.54) is 24.3 Å². The minimum atomic E-state index is -1.20. The Balaban J connectivity index is 1.62. The van der Waals surface area contributed by atoms with Crippen molar-refractivity contribution in [2.75, 3.05) is 17.1 Å². The number of benzene rings is 3. The van der Waals surface area contributed by atoms with Crippen LogP contribution in [0.15, 0.2) is 78.9 Å². The van der Waals surface area contributed by atoms with E-state index in [4.69, 9.17) is 9.57 Å². The highest BCUT2D eigenvalue weighted by Crippen LogP contribution is 2.55. The van der Waals surface area contributed by atoms with Crippen molar-refractivity contribution >= 4 is 23.2 Å². The van der Waals surface area contributed by atoms with Gasteiger partial charge in [0.1, 0.15) is 17.0 Å². The Kier molecular flexibility index (Phi) is 4.71. The summed E-state index contributed by atoms with van der Waals surface area (Å²) in [6.45, 7) is 1.75. The quantitative estimate of drug-likeness (QED) is 0.576. The van der Waals surface area contributed by atoms with E-state index in [0.717, 1.165) is 16.2 Å². The van der Waals surface area contributed by atoms with Gasteiger partial charge in [-0.3, -0.25) is 14.4 Å². The molecule has 0 unspecified atom stereocenters. The predicted molar refractivity (Wildman–Crippen MR) is 117 cm³/mol. The summed E-state index contributed by atoms with van der Waals surface area (Å²) in [7, 11) is 1.58. The van der Waals surface area contributed by atoms with E-state index in [-0.39, 0.29) is 0 Å². The first kappa shape index (κ1) is 20.2. The molecule has 0 spiro atoms. The molecule has 7 heteroatoms. The van der Waals surface area contributed by atoms with Crippen LogP contribution < -0.4 is 14.7 Å². The summed E-state index contributed by atoms with van der Waals surface area (Å²) in [5.41, 5.74) is 0.663. The van der Waals surface area contributed by atoms with E-state index in [2.05, 4.69) is 0 Å². The molecule has 2 heterocycles. The third kappa shape index (κ3) is 2.89. The molecule has 2 amide bonds. The predicted octanol–water partition coefficient (Wildman–Crippen LogP) is 4.28. The van der Waals surface area contributed by atoms with Crippen molar-refractivity contribution in [3.8, 4) is 5.75 Å². The molecule has 2 saturated heterocycles. The van der Waals surface area contributed by atoms with Gasteiger partial charge >= 0.3 is 0 Å². The minimum Gasteiger partial charge on any atom is -0.497 e. The van der Waals surface area contributed by atoms with E-state index >= 15 is 0 Å². The molecular weight excluding hydrogens is 411 g/mol. The maximum atomic E-state index is 13.8. The highest BCUT2D eigenvalue weighted by Gasteiger charge is 2.68. The standard InChI is InChI=1S/C25H21FN2O4/c1-25-21(16-8-14-20(31-2)15-9-16)28(19-6-4-3-5-7-19)32-22(25)23(29)27(24(25)30)18-12-10-17(26)11-13-18/h3-15,21-22H,1-2H3/t21-,22+,25-/m0/s1. The molecule has 3 aromatic rings. The molecule has 3 atom stereocenters. The molecule has 2 fully saturated rings. The smallest absolute Gasteiger partial charge is 0.266 e. The maximum Gasteiger partial charge on any atom is 0.266 e. The SMILES string of the molecule is COc1ccc([C@@H]2N(c3ccccc3)O[C@@H]3C(=O)N(c4ccc(F)cc4)C(=O)[C@]32C)cc1. The van der Waals surface area contributed by atoms with Gasteiger partial charge in [0.2, 0.25) is 5.91 Å². The van der Waals surface area contributed by atoms with Gasteiger partial charge in [0.25, 0.3) is 5.91 Å². The lowest BCUT2D eigenvalue weighted by molar-refractivity contribution is -0.128. The van der Waals surface area contributed by atoms with Crippen LogP contribution in [0.4, 0.5) is 15.8 Å². The minimum absolute atomic E-state index is 0.320. The van der Waals surface area contributed by atoms with Crippen molar-refractivity contribution in [1.29, 1.82) is 0 Å². The molecule has 2 aliphatic heterocycles. The first-order chi connectivity index (χ1) is 15.4. The first-order valence-corrected chi connectivity index (χ1v) is 10.2. The highest BCUT2D eigenvalue weighted by molar-refractivity contribution is 6.25. The van der Waals surface area contributed by atoms with Gasteiger partial charge in [-0.2, -0.15) is 0 Å². The van der Waals surface area contributed by atoms with Crippen LogP contribution in [0, 0.1) is 11.2 Å². The third-order valence-corrected chi connectivity index (χ3v) is 6.20. The average Bonchev–Trinajstić information content (AvgIpc) is 3.23. The fraction of sp³-hybridized carbons (Fsp3) is 0.200. The lowest BCUT2D eigenvalue weighted by atomic mass is 9.76. The lowest BCUT2D eigenvalue weighted by Crippen LogP contribution is -2.41. The Morgan fingerprint density at radius 1 is 0.906 bits per heavy atom. The summed E-state index contributed by atoms with van der Waals surface area (Å²) >= 11 is 0. The molecule has 0 saturated carbocycles. The summed E-state index contributed by atoms with van der Waals surface area (Å²) < 4.78 is 18.7. The molecule has 3 aromatic carbocycles. The van der Waals surface area contributed by atoms with E-state index in [1.807, 2.05) is 54.6 Å². The number of anilines is 2. The van der Waals surface area contributed by atoms with Crippen LogP contribution in [0.25, 0.3) is 0 Å². The summed E-state index contributed by atoms with van der Waals surface area (Å²) in [6, 6.07) is 21.5. The number of para-hydroxylation sites is 1. The zero-order chi connectivity index (χ0) is 22.5. The topological polar surface area (TPSA) is 59.1 Å². The number of methoxy groups -OCH3 is 1. The zero-order valence-electron chi connectivity index (χ0n) is 17.6. The van der Waals surface area contributed by atoms with Crippen LogP contribution in [-0.4, -0.2) is 25.0 Å². The number of hydroxylamine groups is 1. The largest absolute Gasteiger partial charge is 0.497 e. The fourth-order valence-corrected chi connectivity index (χ4v) is 4.55. The number of imide groups is 1. The summed E-state index contributed by atoms with van der Waals surface area (Å²) in [4.78, 5) is 34.4. The molecule has 5 rings (SSSR count). The molecule has 162 valence electrons.